The molecule has 0 aromatic carbocycles. The van der Waals surface area contributed by atoms with Gasteiger partial charge in [0.2, 0.25) is 5.91 Å². The predicted octanol–water partition coefficient (Wildman–Crippen LogP) is -0.753. The lowest BCUT2D eigenvalue weighted by atomic mass is 10.1. The highest BCUT2D eigenvalue weighted by Crippen LogP contribution is 2.10. The number of nitrogens with two attached hydrogens (primary N) is 1. The van der Waals surface area contributed by atoms with Crippen molar-refractivity contribution in [3.05, 3.63) is 0 Å². The van der Waals surface area contributed by atoms with E-state index in [1.165, 1.54) is 0 Å². The number of amides is 1. The number of rotatable bonds is 3. The van der Waals surface area contributed by atoms with Crippen LogP contribution in [0.25, 0.3) is 0 Å². The maximum Gasteiger partial charge on any atom is 0.239 e. The number of carbonyl (C=O) groups is 1. The molecule has 16 heavy (non-hydrogen) atoms. The van der Waals surface area contributed by atoms with E-state index in [0.29, 0.717) is 19.6 Å². The van der Waals surface area contributed by atoms with Crippen molar-refractivity contribution in [1.82, 2.24) is 9.80 Å². The summed E-state index contributed by atoms with van der Waals surface area (Å²) in [6.45, 7) is 8.46. The van der Waals surface area contributed by atoms with Crippen LogP contribution in [0.4, 0.5) is 0 Å². The molecule has 0 aromatic heterocycles. The third kappa shape index (κ3) is 3.43. The average molecular weight is 229 g/mol. The van der Waals surface area contributed by atoms with Crippen molar-refractivity contribution in [2.24, 2.45) is 5.73 Å². The number of β-amino-alcohol motifs (C(OH)–C–C–N with tert-alkyl or cyclic N) is 1. The maximum absolute atomic E-state index is 11.7. The smallest absolute Gasteiger partial charge is 0.239 e. The van der Waals surface area contributed by atoms with Crippen molar-refractivity contribution in [3.8, 4) is 0 Å². The summed E-state index contributed by atoms with van der Waals surface area (Å²) in [5.74, 6) is 0.0172. The standard InChI is InChI=1S/C11H23N3O2/c1-8-6-14(11(16)10(3)12)5-4-13(8)7-9(2)15/h8-10,15H,4-7,12H2,1-3H3/t8?,9?,10-/m1/s1. The Balaban J connectivity index is 2.48. The van der Waals surface area contributed by atoms with Gasteiger partial charge in [-0.3, -0.25) is 9.69 Å². The normalized spacial score (nSPS) is 26.6. The fourth-order valence-electron chi connectivity index (χ4n) is 2.09. The molecule has 0 spiro atoms. The number of hydrogen-bond acceptors (Lipinski definition) is 4. The number of piperazine rings is 1. The van der Waals surface area contributed by atoms with Gasteiger partial charge >= 0.3 is 0 Å². The van der Waals surface area contributed by atoms with Crippen molar-refractivity contribution in [2.75, 3.05) is 26.2 Å². The molecule has 0 saturated carbocycles. The van der Waals surface area contributed by atoms with Gasteiger partial charge in [0.1, 0.15) is 0 Å². The lowest BCUT2D eigenvalue weighted by molar-refractivity contribution is -0.135. The van der Waals surface area contributed by atoms with Crippen molar-refractivity contribution in [1.29, 1.82) is 0 Å². The second-order valence-electron chi connectivity index (χ2n) is 4.77. The van der Waals surface area contributed by atoms with Gasteiger partial charge in [0, 0.05) is 32.2 Å². The highest BCUT2D eigenvalue weighted by atomic mass is 16.3. The second-order valence-corrected chi connectivity index (χ2v) is 4.77. The summed E-state index contributed by atoms with van der Waals surface area (Å²) in [6.07, 6.45) is -0.321. The van der Waals surface area contributed by atoms with Gasteiger partial charge in [0.25, 0.3) is 0 Å². The van der Waals surface area contributed by atoms with E-state index in [1.54, 1.807) is 13.8 Å². The van der Waals surface area contributed by atoms with Crippen molar-refractivity contribution >= 4 is 5.91 Å². The van der Waals surface area contributed by atoms with Gasteiger partial charge in [-0.1, -0.05) is 0 Å². The minimum absolute atomic E-state index is 0.0172. The van der Waals surface area contributed by atoms with Crippen molar-refractivity contribution in [2.45, 2.75) is 39.0 Å². The van der Waals surface area contributed by atoms with Gasteiger partial charge < -0.3 is 15.7 Å². The molecule has 0 radical (unpaired) electrons. The molecule has 1 aliphatic heterocycles. The van der Waals surface area contributed by atoms with Crippen molar-refractivity contribution in [3.63, 3.8) is 0 Å². The highest BCUT2D eigenvalue weighted by molar-refractivity contribution is 5.81. The Bertz CT molecular complexity index is 243. The zero-order valence-electron chi connectivity index (χ0n) is 10.4. The van der Waals surface area contributed by atoms with E-state index in [1.807, 2.05) is 4.90 Å². The molecule has 94 valence electrons. The number of nitrogens with zero attached hydrogens (tertiary/aromatic N) is 2. The zero-order valence-corrected chi connectivity index (χ0v) is 10.4. The number of carbonyl (C=O) groups excluding carboxylic acids is 1. The Morgan fingerprint density at radius 2 is 2.12 bits per heavy atom. The third-order valence-corrected chi connectivity index (χ3v) is 2.97. The van der Waals surface area contributed by atoms with Crippen LogP contribution in [0.2, 0.25) is 0 Å². The van der Waals surface area contributed by atoms with Crippen LogP contribution in [0.5, 0.6) is 0 Å². The predicted molar refractivity (Wildman–Crippen MR) is 62.9 cm³/mol. The summed E-state index contributed by atoms with van der Waals surface area (Å²) in [7, 11) is 0. The van der Waals surface area contributed by atoms with E-state index in [-0.39, 0.29) is 18.1 Å². The lowest BCUT2D eigenvalue weighted by Crippen LogP contribution is -2.57. The van der Waals surface area contributed by atoms with Crippen LogP contribution >= 0.6 is 0 Å². The van der Waals surface area contributed by atoms with E-state index >= 15 is 0 Å². The molecule has 1 saturated heterocycles. The Morgan fingerprint density at radius 1 is 1.50 bits per heavy atom. The molecular formula is C11H23N3O2. The fraction of sp³-hybridized carbons (Fsp3) is 0.909. The SMILES string of the molecule is CC(O)CN1CCN(C(=O)[C@@H](C)N)CC1C. The molecule has 0 aliphatic carbocycles. The first kappa shape index (κ1) is 13.4. The summed E-state index contributed by atoms with van der Waals surface area (Å²) in [4.78, 5) is 15.7. The monoisotopic (exact) mass is 229 g/mol. The molecule has 0 aromatic rings. The first-order valence-electron chi connectivity index (χ1n) is 5.88. The summed E-state index contributed by atoms with van der Waals surface area (Å²) in [5, 5.41) is 9.34. The highest BCUT2D eigenvalue weighted by Gasteiger charge is 2.28. The van der Waals surface area contributed by atoms with E-state index in [4.69, 9.17) is 5.73 Å². The Hall–Kier alpha value is -0.650. The van der Waals surface area contributed by atoms with E-state index in [2.05, 4.69) is 11.8 Å². The van der Waals surface area contributed by atoms with Crippen LogP contribution in [0.15, 0.2) is 0 Å². The number of aliphatic hydroxyl groups is 1. The zero-order chi connectivity index (χ0) is 12.3. The second kappa shape index (κ2) is 5.61. The number of hydrogen-bond donors (Lipinski definition) is 2. The molecular weight excluding hydrogens is 206 g/mol. The van der Waals surface area contributed by atoms with E-state index in [9.17, 15) is 9.90 Å². The Kier molecular flexibility index (Phi) is 4.70. The molecule has 1 heterocycles. The summed E-state index contributed by atoms with van der Waals surface area (Å²) < 4.78 is 0. The minimum Gasteiger partial charge on any atom is -0.392 e. The maximum atomic E-state index is 11.7. The van der Waals surface area contributed by atoms with Gasteiger partial charge in [-0.2, -0.15) is 0 Å². The molecule has 3 N–H and O–H groups in total. The molecule has 3 atom stereocenters. The molecule has 5 heteroatoms. The molecule has 0 bridgehead atoms. The van der Waals surface area contributed by atoms with Gasteiger partial charge in [-0.15, -0.1) is 0 Å². The molecule has 1 aliphatic rings. The first-order chi connectivity index (χ1) is 7.41. The minimum atomic E-state index is -0.421. The van der Waals surface area contributed by atoms with Crippen LogP contribution in [0, 0.1) is 0 Å². The molecule has 1 fully saturated rings. The topological polar surface area (TPSA) is 69.8 Å². The average Bonchev–Trinajstić information content (AvgIpc) is 2.19. The fourth-order valence-corrected chi connectivity index (χ4v) is 2.09. The van der Waals surface area contributed by atoms with Crippen molar-refractivity contribution < 1.29 is 9.90 Å². The van der Waals surface area contributed by atoms with Crippen LogP contribution in [0.1, 0.15) is 20.8 Å². The molecule has 2 unspecified atom stereocenters. The van der Waals surface area contributed by atoms with Gasteiger partial charge in [-0.25, -0.2) is 0 Å². The van der Waals surface area contributed by atoms with E-state index < -0.39 is 6.04 Å². The molecule has 1 rings (SSSR count). The largest absolute Gasteiger partial charge is 0.392 e. The quantitative estimate of drug-likeness (QED) is 0.668. The van der Waals surface area contributed by atoms with Gasteiger partial charge in [0.05, 0.1) is 12.1 Å². The summed E-state index contributed by atoms with van der Waals surface area (Å²) in [5.41, 5.74) is 5.58. The number of aliphatic hydroxyl groups excluding tert-OH is 1. The summed E-state index contributed by atoms with van der Waals surface area (Å²) >= 11 is 0. The van der Waals surface area contributed by atoms with Crippen LogP contribution < -0.4 is 5.73 Å². The van der Waals surface area contributed by atoms with Gasteiger partial charge in [-0.05, 0) is 20.8 Å². The Labute approximate surface area is 97.2 Å². The third-order valence-electron chi connectivity index (χ3n) is 2.97. The molecule has 1 amide bonds. The Morgan fingerprint density at radius 3 is 2.56 bits per heavy atom. The van der Waals surface area contributed by atoms with E-state index in [0.717, 1.165) is 6.54 Å². The van der Waals surface area contributed by atoms with Crippen LogP contribution in [-0.2, 0) is 4.79 Å². The first-order valence-corrected chi connectivity index (χ1v) is 5.88. The molecule has 5 nitrogen and oxygen atoms in total. The van der Waals surface area contributed by atoms with Crippen LogP contribution in [0.3, 0.4) is 0 Å². The lowest BCUT2D eigenvalue weighted by Gasteiger charge is -2.40. The summed E-state index contributed by atoms with van der Waals surface area (Å²) in [6, 6.07) is -0.137. The van der Waals surface area contributed by atoms with Gasteiger partial charge in [0.15, 0.2) is 0 Å². The van der Waals surface area contributed by atoms with Crippen LogP contribution in [-0.4, -0.2) is 65.2 Å².